The van der Waals surface area contributed by atoms with Gasteiger partial charge in [0.05, 0.1) is 0 Å². The summed E-state index contributed by atoms with van der Waals surface area (Å²) in [5.74, 6) is 1.95. The van der Waals surface area contributed by atoms with Crippen molar-refractivity contribution in [2.45, 2.75) is 19.9 Å². The first-order valence-electron chi connectivity index (χ1n) is 3.60. The third kappa shape index (κ3) is 1.66. The van der Waals surface area contributed by atoms with Gasteiger partial charge in [-0.25, -0.2) is 0 Å². The molecule has 1 N–H and O–H groups in total. The van der Waals surface area contributed by atoms with Crippen LogP contribution in [0.2, 0.25) is 0 Å². The number of nitrogens with one attached hydrogen (secondary N) is 1. The maximum absolute atomic E-state index is 4.10. The standard InChI is InChI=1S/C7H14N2S/c1-5-4-10-7(8-3)9-6(5)2/h5-6H,4H2,1-3H3,(H,8,9). The van der Waals surface area contributed by atoms with Gasteiger partial charge < -0.3 is 5.32 Å². The smallest absolute Gasteiger partial charge is 0.156 e. The van der Waals surface area contributed by atoms with Gasteiger partial charge in [0, 0.05) is 18.8 Å². The SMILES string of the molecule is CN=C1NC(C)C(C)CS1. The van der Waals surface area contributed by atoms with E-state index < -0.39 is 0 Å². The molecule has 58 valence electrons. The molecule has 0 bridgehead atoms. The number of thioether (sulfide) groups is 1. The predicted molar refractivity (Wildman–Crippen MR) is 47.6 cm³/mol. The van der Waals surface area contributed by atoms with E-state index in [4.69, 9.17) is 0 Å². The van der Waals surface area contributed by atoms with E-state index in [1.54, 1.807) is 0 Å². The quantitative estimate of drug-likeness (QED) is 0.575. The zero-order chi connectivity index (χ0) is 7.56. The van der Waals surface area contributed by atoms with Crippen LogP contribution in [0.3, 0.4) is 0 Å². The Balaban J connectivity index is 2.48. The first-order chi connectivity index (χ1) is 4.74. The Hall–Kier alpha value is -0.180. The van der Waals surface area contributed by atoms with Crippen molar-refractivity contribution in [2.75, 3.05) is 12.8 Å². The largest absolute Gasteiger partial charge is 0.362 e. The Morgan fingerprint density at radius 2 is 2.30 bits per heavy atom. The highest BCUT2D eigenvalue weighted by Gasteiger charge is 2.19. The number of amidine groups is 1. The fourth-order valence-electron chi connectivity index (χ4n) is 0.863. The van der Waals surface area contributed by atoms with Crippen LogP contribution in [0.4, 0.5) is 0 Å². The number of rotatable bonds is 0. The second-order valence-corrected chi connectivity index (χ2v) is 3.76. The topological polar surface area (TPSA) is 24.4 Å². The third-order valence-electron chi connectivity index (χ3n) is 1.89. The fraction of sp³-hybridized carbons (Fsp3) is 0.857. The van der Waals surface area contributed by atoms with Gasteiger partial charge in [0.2, 0.25) is 0 Å². The van der Waals surface area contributed by atoms with Gasteiger partial charge in [0.15, 0.2) is 5.17 Å². The first kappa shape index (κ1) is 7.92. The van der Waals surface area contributed by atoms with Gasteiger partial charge in [-0.1, -0.05) is 18.7 Å². The minimum absolute atomic E-state index is 0.583. The summed E-state index contributed by atoms with van der Waals surface area (Å²) in [6.07, 6.45) is 0. The fourth-order valence-corrected chi connectivity index (χ4v) is 1.97. The number of hydrogen-bond donors (Lipinski definition) is 1. The molecule has 2 unspecified atom stereocenters. The van der Waals surface area contributed by atoms with Crippen LogP contribution in [0.25, 0.3) is 0 Å². The second kappa shape index (κ2) is 3.28. The van der Waals surface area contributed by atoms with E-state index >= 15 is 0 Å². The summed E-state index contributed by atoms with van der Waals surface area (Å²) >= 11 is 1.81. The van der Waals surface area contributed by atoms with Gasteiger partial charge in [-0.05, 0) is 12.8 Å². The molecule has 1 aliphatic heterocycles. The Labute approximate surface area is 66.5 Å². The summed E-state index contributed by atoms with van der Waals surface area (Å²) in [5, 5.41) is 4.42. The van der Waals surface area contributed by atoms with Crippen LogP contribution < -0.4 is 5.32 Å². The molecule has 2 nitrogen and oxygen atoms in total. The summed E-state index contributed by atoms with van der Waals surface area (Å²) in [6, 6.07) is 0.583. The molecule has 1 heterocycles. The highest BCUT2D eigenvalue weighted by Crippen LogP contribution is 2.18. The van der Waals surface area contributed by atoms with Crippen LogP contribution in [0.15, 0.2) is 4.99 Å². The number of nitrogens with zero attached hydrogens (tertiary/aromatic N) is 1. The first-order valence-corrected chi connectivity index (χ1v) is 4.58. The molecule has 0 radical (unpaired) electrons. The Kier molecular flexibility index (Phi) is 2.60. The van der Waals surface area contributed by atoms with Crippen molar-refractivity contribution < 1.29 is 0 Å². The maximum atomic E-state index is 4.10. The molecule has 0 amide bonds. The minimum Gasteiger partial charge on any atom is -0.362 e. The summed E-state index contributed by atoms with van der Waals surface area (Å²) in [7, 11) is 1.83. The molecule has 10 heavy (non-hydrogen) atoms. The van der Waals surface area contributed by atoms with Gasteiger partial charge >= 0.3 is 0 Å². The molecule has 0 aromatic heterocycles. The highest BCUT2D eigenvalue weighted by molar-refractivity contribution is 8.13. The summed E-state index contributed by atoms with van der Waals surface area (Å²) < 4.78 is 0. The molecule has 0 aromatic rings. The lowest BCUT2D eigenvalue weighted by atomic mass is 10.1. The molecule has 1 saturated heterocycles. The Morgan fingerprint density at radius 1 is 1.60 bits per heavy atom. The highest BCUT2D eigenvalue weighted by atomic mass is 32.2. The van der Waals surface area contributed by atoms with Gasteiger partial charge in [0.1, 0.15) is 0 Å². The number of hydrogen-bond acceptors (Lipinski definition) is 2. The van der Waals surface area contributed by atoms with Crippen molar-refractivity contribution in [3.63, 3.8) is 0 Å². The molecule has 2 atom stereocenters. The van der Waals surface area contributed by atoms with Gasteiger partial charge in [-0.3, -0.25) is 4.99 Å². The van der Waals surface area contributed by atoms with Crippen molar-refractivity contribution in [1.29, 1.82) is 0 Å². The molecular weight excluding hydrogens is 144 g/mol. The third-order valence-corrected chi connectivity index (χ3v) is 3.16. The van der Waals surface area contributed by atoms with E-state index in [9.17, 15) is 0 Å². The maximum Gasteiger partial charge on any atom is 0.156 e. The van der Waals surface area contributed by atoms with Crippen LogP contribution >= 0.6 is 11.8 Å². The van der Waals surface area contributed by atoms with Crippen molar-refractivity contribution in [3.05, 3.63) is 0 Å². The monoisotopic (exact) mass is 158 g/mol. The van der Waals surface area contributed by atoms with E-state index in [0.717, 1.165) is 11.1 Å². The lowest BCUT2D eigenvalue weighted by Crippen LogP contribution is -2.41. The molecular formula is C7H14N2S. The normalized spacial score (nSPS) is 37.7. The molecule has 0 aromatic carbocycles. The zero-order valence-corrected chi connectivity index (χ0v) is 7.53. The zero-order valence-electron chi connectivity index (χ0n) is 6.72. The lowest BCUT2D eigenvalue weighted by molar-refractivity contribution is 0.490. The van der Waals surface area contributed by atoms with Crippen molar-refractivity contribution >= 4 is 16.9 Å². The molecule has 1 aliphatic rings. The van der Waals surface area contributed by atoms with Gasteiger partial charge in [0.25, 0.3) is 0 Å². The number of aliphatic imine (C=N–C) groups is 1. The van der Waals surface area contributed by atoms with E-state index in [2.05, 4.69) is 24.2 Å². The van der Waals surface area contributed by atoms with Crippen LogP contribution in [0, 0.1) is 5.92 Å². The van der Waals surface area contributed by atoms with Gasteiger partial charge in [-0.15, -0.1) is 0 Å². The van der Waals surface area contributed by atoms with E-state index in [1.165, 1.54) is 5.75 Å². The molecule has 0 saturated carbocycles. The Bertz CT molecular complexity index is 145. The average molecular weight is 158 g/mol. The van der Waals surface area contributed by atoms with Crippen LogP contribution in [-0.2, 0) is 0 Å². The van der Waals surface area contributed by atoms with Crippen molar-refractivity contribution in [1.82, 2.24) is 5.32 Å². The molecule has 1 fully saturated rings. The van der Waals surface area contributed by atoms with E-state index in [1.807, 2.05) is 18.8 Å². The molecule has 3 heteroatoms. The van der Waals surface area contributed by atoms with Crippen LogP contribution in [0.1, 0.15) is 13.8 Å². The van der Waals surface area contributed by atoms with Crippen LogP contribution in [0.5, 0.6) is 0 Å². The summed E-state index contributed by atoms with van der Waals surface area (Å²) in [4.78, 5) is 4.10. The molecule has 0 spiro atoms. The molecule has 1 rings (SSSR count). The molecule has 0 aliphatic carbocycles. The van der Waals surface area contributed by atoms with E-state index in [-0.39, 0.29) is 0 Å². The van der Waals surface area contributed by atoms with Gasteiger partial charge in [-0.2, -0.15) is 0 Å². The minimum atomic E-state index is 0.583. The predicted octanol–water partition coefficient (Wildman–Crippen LogP) is 1.33. The van der Waals surface area contributed by atoms with Crippen molar-refractivity contribution in [3.8, 4) is 0 Å². The van der Waals surface area contributed by atoms with Crippen LogP contribution in [-0.4, -0.2) is 24.0 Å². The van der Waals surface area contributed by atoms with E-state index in [0.29, 0.717) is 6.04 Å². The summed E-state index contributed by atoms with van der Waals surface area (Å²) in [5.41, 5.74) is 0. The Morgan fingerprint density at radius 3 is 2.80 bits per heavy atom. The average Bonchev–Trinajstić information content (AvgIpc) is 1.95. The lowest BCUT2D eigenvalue weighted by Gasteiger charge is -2.27. The second-order valence-electron chi connectivity index (χ2n) is 2.75. The summed E-state index contributed by atoms with van der Waals surface area (Å²) in [6.45, 7) is 4.46. The van der Waals surface area contributed by atoms with Crippen molar-refractivity contribution in [2.24, 2.45) is 10.9 Å².